The third kappa shape index (κ3) is 11.8. The van der Waals surface area contributed by atoms with Crippen LogP contribution in [0.15, 0.2) is 215 Å². The van der Waals surface area contributed by atoms with E-state index in [1.54, 1.807) is 93.7 Å². The standard InChI is InChI=1S/C62H57N5O11S3/c1-41-31-33-48(34-32-41)81(73,74)75-38-35-44-40-80(72)56-51(55(69)67(56)52(44)57(70)76-53(42-21-10-5-11-22-42)43-23-12-6-13-24-43)64-54(68)50(66-78-61(36-20-37-61)58(71)77-60(2,3)4)49-39-79-59(63-49)65-62(45-25-14-7-15-26-45,46-27-16-8-17-28-46)47-29-18-9-19-30-47/h5-19,21-35,38-39,51,53,56H,20,36-37,40H2,1-4H3,(H,63,65)(H,64,68). The van der Waals surface area contributed by atoms with Crippen molar-refractivity contribution in [3.05, 3.63) is 244 Å². The van der Waals surface area contributed by atoms with Crippen LogP contribution in [0.2, 0.25) is 0 Å². The van der Waals surface area contributed by atoms with Crippen molar-refractivity contribution in [3.63, 3.8) is 0 Å². The van der Waals surface area contributed by atoms with Crippen molar-refractivity contribution in [1.82, 2.24) is 15.2 Å². The summed E-state index contributed by atoms with van der Waals surface area (Å²) in [5.74, 6) is -3.87. The number of allylic oxidation sites excluding steroid dienone is 1. The average molecular weight is 1140 g/mol. The number of esters is 2. The zero-order chi connectivity index (χ0) is 56.9. The van der Waals surface area contributed by atoms with Crippen LogP contribution < -0.4 is 10.6 Å². The molecule has 1 saturated heterocycles. The molecule has 2 N–H and O–H groups in total. The van der Waals surface area contributed by atoms with Crippen LogP contribution in [0, 0.1) is 6.92 Å². The molecule has 2 fully saturated rings. The molecule has 1 saturated carbocycles. The highest BCUT2D eigenvalue weighted by molar-refractivity contribution is 7.92. The van der Waals surface area contributed by atoms with Gasteiger partial charge >= 0.3 is 22.1 Å². The van der Waals surface area contributed by atoms with Crippen molar-refractivity contribution in [3.8, 4) is 0 Å². The molecule has 6 aromatic carbocycles. The first-order chi connectivity index (χ1) is 39.0. The maximum absolute atomic E-state index is 15.0. The lowest BCUT2D eigenvalue weighted by Crippen LogP contribution is -2.75. The number of carbonyl (C=O) groups is 4. The van der Waals surface area contributed by atoms with Crippen molar-refractivity contribution in [1.29, 1.82) is 0 Å². The summed E-state index contributed by atoms with van der Waals surface area (Å²) in [6, 6.07) is 51.9. The number of carbonyl (C=O) groups excluding carboxylic acids is 4. The largest absolute Gasteiger partial charge is 0.614 e. The van der Waals surface area contributed by atoms with Crippen LogP contribution in [0.3, 0.4) is 0 Å². The molecule has 414 valence electrons. The monoisotopic (exact) mass is 1140 g/mol. The van der Waals surface area contributed by atoms with Gasteiger partial charge in [0.05, 0.1) is 0 Å². The molecule has 1 aliphatic carbocycles. The van der Waals surface area contributed by atoms with E-state index in [1.807, 2.05) is 103 Å². The lowest BCUT2D eigenvalue weighted by molar-refractivity contribution is -0.196. The second-order valence-corrected chi connectivity index (χ2v) is 24.6. The average Bonchev–Trinajstić information content (AvgIpc) is 3.97. The number of hydrogen-bond acceptors (Lipinski definition) is 15. The molecular weight excluding hydrogens is 1090 g/mol. The number of aryl methyl sites for hydroxylation is 1. The molecule has 0 radical (unpaired) electrons. The van der Waals surface area contributed by atoms with Crippen LogP contribution >= 0.6 is 11.3 Å². The second kappa shape index (κ2) is 23.4. The maximum atomic E-state index is 15.0. The third-order valence-electron chi connectivity index (χ3n) is 13.9. The zero-order valence-corrected chi connectivity index (χ0v) is 47.0. The summed E-state index contributed by atoms with van der Waals surface area (Å²) in [5, 5.41) is 11.4. The van der Waals surface area contributed by atoms with E-state index in [9.17, 15) is 27.4 Å². The van der Waals surface area contributed by atoms with Crippen molar-refractivity contribution < 1.29 is 50.6 Å². The van der Waals surface area contributed by atoms with Gasteiger partial charge in [0, 0.05) is 23.8 Å². The summed E-state index contributed by atoms with van der Waals surface area (Å²) in [6.45, 7) is 6.99. The number of oxime groups is 1. The molecule has 19 heteroatoms. The minimum Gasteiger partial charge on any atom is -0.614 e. The van der Waals surface area contributed by atoms with Gasteiger partial charge in [-0.2, -0.15) is 8.42 Å². The normalized spacial score (nSPS) is 18.0. The molecule has 81 heavy (non-hydrogen) atoms. The molecule has 7 aromatic rings. The van der Waals surface area contributed by atoms with Gasteiger partial charge in [-0.15, -0.1) is 11.3 Å². The van der Waals surface area contributed by atoms with Crippen molar-refractivity contribution >= 4 is 67.2 Å². The van der Waals surface area contributed by atoms with E-state index in [-0.39, 0.29) is 34.7 Å². The number of fused-ring (bicyclic) bond motifs is 1. The predicted molar refractivity (Wildman–Crippen MR) is 307 cm³/mol. The van der Waals surface area contributed by atoms with Crippen LogP contribution in [-0.2, 0) is 64.5 Å². The van der Waals surface area contributed by atoms with Gasteiger partial charge in [0.2, 0.25) is 11.0 Å². The minimum absolute atomic E-state index is 0.0141. The fourth-order valence-electron chi connectivity index (χ4n) is 9.74. The van der Waals surface area contributed by atoms with Crippen molar-refractivity contribution in [2.75, 3.05) is 11.1 Å². The molecule has 2 amide bonds. The Morgan fingerprint density at radius 3 is 1.84 bits per heavy atom. The molecule has 3 unspecified atom stereocenters. The Morgan fingerprint density at radius 1 is 0.802 bits per heavy atom. The first-order valence-corrected chi connectivity index (χ1v) is 29.8. The van der Waals surface area contributed by atoms with Gasteiger partial charge < -0.3 is 33.7 Å². The number of aromatic nitrogens is 1. The van der Waals surface area contributed by atoms with E-state index in [0.29, 0.717) is 22.7 Å². The smallest absolute Gasteiger partial charge is 0.356 e. The molecule has 1 aromatic heterocycles. The summed E-state index contributed by atoms with van der Waals surface area (Å²) < 4.78 is 58.3. The van der Waals surface area contributed by atoms with E-state index in [1.165, 1.54) is 23.5 Å². The highest BCUT2D eigenvalue weighted by Crippen LogP contribution is 2.43. The van der Waals surface area contributed by atoms with E-state index >= 15 is 4.79 Å². The maximum Gasteiger partial charge on any atom is 0.356 e. The molecule has 3 atom stereocenters. The number of amides is 2. The Hall–Kier alpha value is -8.36. The van der Waals surface area contributed by atoms with Gasteiger partial charge in [-0.05, 0) is 91.3 Å². The molecule has 16 nitrogen and oxygen atoms in total. The van der Waals surface area contributed by atoms with Gasteiger partial charge in [0.1, 0.15) is 39.4 Å². The van der Waals surface area contributed by atoms with E-state index in [0.717, 1.165) is 39.5 Å². The fraction of sp³-hybridized carbons (Fsp3) is 0.226. The van der Waals surface area contributed by atoms with Crippen molar-refractivity contribution in [2.45, 2.75) is 86.1 Å². The Labute approximate surface area is 476 Å². The number of thiazole rings is 1. The number of benzene rings is 6. The summed E-state index contributed by atoms with van der Waals surface area (Å²) in [7, 11) is -4.35. The van der Waals surface area contributed by atoms with Gasteiger partial charge in [-0.25, -0.2) is 14.6 Å². The highest BCUT2D eigenvalue weighted by atomic mass is 32.2. The Bertz CT molecular complexity index is 3490. The fourth-order valence-corrected chi connectivity index (χ4v) is 12.9. The lowest BCUT2D eigenvalue weighted by Gasteiger charge is -2.49. The van der Waals surface area contributed by atoms with Crippen molar-refractivity contribution in [2.24, 2.45) is 5.16 Å². The number of hydrogen-bond donors (Lipinski definition) is 2. The number of β-lactam (4-membered cyclic amide) rings is 1. The number of rotatable bonds is 19. The lowest BCUT2D eigenvalue weighted by atomic mass is 9.77. The first kappa shape index (κ1) is 55.9. The van der Waals surface area contributed by atoms with Crippen LogP contribution in [0.5, 0.6) is 0 Å². The minimum atomic E-state index is -4.35. The van der Waals surface area contributed by atoms with E-state index in [4.69, 9.17) is 23.5 Å². The molecule has 3 aliphatic rings. The molecule has 10 rings (SSSR count). The molecular formula is C62H57N5O11S3. The zero-order valence-electron chi connectivity index (χ0n) is 44.6. The summed E-state index contributed by atoms with van der Waals surface area (Å²) in [5.41, 5.74) is 0.513. The number of anilines is 1. The Balaban J connectivity index is 0.999. The van der Waals surface area contributed by atoms with Crippen LogP contribution in [0.1, 0.15) is 85.2 Å². The predicted octanol–water partition coefficient (Wildman–Crippen LogP) is 9.76. The highest BCUT2D eigenvalue weighted by Gasteiger charge is 2.61. The third-order valence-corrected chi connectivity index (χ3v) is 17.5. The topological polar surface area (TPSA) is 215 Å². The Morgan fingerprint density at radius 2 is 1.33 bits per heavy atom. The van der Waals surface area contributed by atoms with Crippen LogP contribution in [0.25, 0.3) is 0 Å². The van der Waals surface area contributed by atoms with E-state index in [2.05, 4.69) is 15.8 Å². The summed E-state index contributed by atoms with van der Waals surface area (Å²) in [4.78, 5) is 70.2. The quantitative estimate of drug-likeness (QED) is 0.0113. The van der Waals surface area contributed by atoms with Gasteiger partial charge in [0.25, 0.3) is 11.8 Å². The summed E-state index contributed by atoms with van der Waals surface area (Å²) in [6.07, 6.45) is 2.13. The Kier molecular flexibility index (Phi) is 16.1. The molecule has 3 heterocycles. The molecule has 2 aliphatic heterocycles. The van der Waals surface area contributed by atoms with E-state index < -0.39 is 90.8 Å². The van der Waals surface area contributed by atoms with Gasteiger partial charge in [-0.3, -0.25) is 14.5 Å². The van der Waals surface area contributed by atoms with Crippen LogP contribution in [-0.4, -0.2) is 80.7 Å². The van der Waals surface area contributed by atoms with Crippen LogP contribution in [0.4, 0.5) is 5.13 Å². The first-order valence-electron chi connectivity index (χ1n) is 26.1. The number of nitrogens with one attached hydrogen (secondary N) is 2. The summed E-state index contributed by atoms with van der Waals surface area (Å²) >= 11 is -0.867. The van der Waals surface area contributed by atoms with Gasteiger partial charge in [0.15, 0.2) is 23.0 Å². The number of nitrogens with zero attached hydrogens (tertiary/aromatic N) is 3. The van der Waals surface area contributed by atoms with Gasteiger partial charge in [-0.1, -0.05) is 175 Å². The number of ether oxygens (including phenoxy) is 2. The molecule has 0 spiro atoms. The second-order valence-electron chi connectivity index (χ2n) is 20.6. The molecule has 0 bridgehead atoms. The SMILES string of the molecule is Cc1ccc(S(=O)(=O)OC=CC2=C(C(=O)OC(c3ccccc3)c3ccccc3)N3C(=O)C(NC(=O)C(=NOC4(C(=O)OC(C)(C)C)CCC4)c4csc(NC(c5ccccc5)(c5ccccc5)c5ccccc5)n4)C3[S+]([O-])C2)cc1.